The van der Waals surface area contributed by atoms with Crippen molar-refractivity contribution in [3.05, 3.63) is 53.1 Å². The fourth-order valence-corrected chi connectivity index (χ4v) is 3.57. The predicted octanol–water partition coefficient (Wildman–Crippen LogP) is 3.07. The third-order valence-electron chi connectivity index (χ3n) is 2.85. The molecule has 94 valence electrons. The lowest BCUT2D eigenvalue weighted by molar-refractivity contribution is 0.479. The minimum atomic E-state index is 0.379. The Morgan fingerprint density at radius 2 is 1.67 bits per heavy atom. The molecule has 0 bridgehead atoms. The predicted molar refractivity (Wildman–Crippen MR) is 84.3 cm³/mol. The van der Waals surface area contributed by atoms with Gasteiger partial charge in [-0.15, -0.1) is 0 Å². The van der Waals surface area contributed by atoms with Crippen molar-refractivity contribution in [3.63, 3.8) is 0 Å². The van der Waals surface area contributed by atoms with Crippen molar-refractivity contribution in [1.29, 1.82) is 0 Å². The molecule has 0 amide bonds. The van der Waals surface area contributed by atoms with Crippen molar-refractivity contribution in [3.8, 4) is 5.75 Å². The Bertz CT molecular complexity index is 566. The molecule has 1 nitrogen and oxygen atoms in total. The van der Waals surface area contributed by atoms with Crippen LogP contribution in [0.1, 0.15) is 16.7 Å². The van der Waals surface area contributed by atoms with Crippen molar-refractivity contribution < 1.29 is 5.11 Å². The Labute approximate surface area is 115 Å². The molecule has 0 spiro atoms. The highest BCUT2D eigenvalue weighted by molar-refractivity contribution is 7.79. The van der Waals surface area contributed by atoms with Crippen LogP contribution in [0.15, 0.2) is 36.4 Å². The summed E-state index contributed by atoms with van der Waals surface area (Å²) < 4.78 is 0. The van der Waals surface area contributed by atoms with Gasteiger partial charge in [-0.2, -0.15) is 12.6 Å². The maximum atomic E-state index is 9.90. The average Bonchev–Trinajstić information content (AvgIpc) is 2.36. The van der Waals surface area contributed by atoms with Crippen LogP contribution in [-0.4, -0.2) is 5.11 Å². The van der Waals surface area contributed by atoms with Crippen LogP contribution >= 0.6 is 21.2 Å². The van der Waals surface area contributed by atoms with Crippen LogP contribution in [-0.2, 0) is 5.75 Å². The third-order valence-corrected chi connectivity index (χ3v) is 4.62. The number of hydrogen-bond donors (Lipinski definition) is 2. The Morgan fingerprint density at radius 1 is 1.00 bits per heavy atom. The molecule has 0 saturated heterocycles. The second-order valence-electron chi connectivity index (χ2n) is 4.46. The molecule has 0 aromatic heterocycles. The number of aromatic hydroxyl groups is 1. The van der Waals surface area contributed by atoms with Crippen molar-refractivity contribution in [2.24, 2.45) is 0 Å². The largest absolute Gasteiger partial charge is 0.507 e. The zero-order chi connectivity index (χ0) is 13.1. The lowest BCUT2D eigenvalue weighted by atomic mass is 10.2. The van der Waals surface area contributed by atoms with Gasteiger partial charge in [-0.05, 0) is 36.8 Å². The standard InChI is InChI=1S/C15H17OPS/c1-10-4-6-14(12(7-10)9-18)17-15-8-11(2)3-5-13(15)16/h3-8,16-18H,9H2,1-2H3. The van der Waals surface area contributed by atoms with Gasteiger partial charge in [0.2, 0.25) is 0 Å². The number of phenols is 1. The molecule has 1 unspecified atom stereocenters. The van der Waals surface area contributed by atoms with E-state index in [0.29, 0.717) is 14.3 Å². The van der Waals surface area contributed by atoms with E-state index in [-0.39, 0.29) is 0 Å². The van der Waals surface area contributed by atoms with E-state index in [4.69, 9.17) is 0 Å². The molecule has 1 N–H and O–H groups in total. The summed E-state index contributed by atoms with van der Waals surface area (Å²) >= 11 is 4.38. The summed E-state index contributed by atoms with van der Waals surface area (Å²) in [5.74, 6) is 1.11. The highest BCUT2D eigenvalue weighted by atomic mass is 32.1. The van der Waals surface area contributed by atoms with Gasteiger partial charge in [0, 0.05) is 11.1 Å². The molecular formula is C15H17OPS. The lowest BCUT2D eigenvalue weighted by Gasteiger charge is -2.11. The Balaban J connectivity index is 2.36. The summed E-state index contributed by atoms with van der Waals surface area (Å²) in [5.41, 5.74) is 3.67. The first kappa shape index (κ1) is 13.5. The first-order chi connectivity index (χ1) is 8.60. The summed E-state index contributed by atoms with van der Waals surface area (Å²) in [6.45, 7) is 4.13. The molecule has 0 aliphatic heterocycles. The minimum Gasteiger partial charge on any atom is -0.507 e. The van der Waals surface area contributed by atoms with Gasteiger partial charge < -0.3 is 5.11 Å². The quantitative estimate of drug-likeness (QED) is 0.652. The molecule has 2 aromatic rings. The van der Waals surface area contributed by atoms with Gasteiger partial charge in [-0.3, -0.25) is 0 Å². The van der Waals surface area contributed by atoms with Gasteiger partial charge in [-0.1, -0.05) is 44.0 Å². The summed E-state index contributed by atoms with van der Waals surface area (Å²) in [7, 11) is 0.475. The van der Waals surface area contributed by atoms with Crippen molar-refractivity contribution in [1.82, 2.24) is 0 Å². The van der Waals surface area contributed by atoms with E-state index in [1.165, 1.54) is 22.0 Å². The van der Waals surface area contributed by atoms with Crippen molar-refractivity contribution in [2.45, 2.75) is 19.6 Å². The summed E-state index contributed by atoms with van der Waals surface area (Å²) in [6.07, 6.45) is 0. The van der Waals surface area contributed by atoms with Crippen LogP contribution in [0.2, 0.25) is 0 Å². The number of hydrogen-bond acceptors (Lipinski definition) is 2. The SMILES string of the molecule is Cc1ccc(Pc2cc(C)ccc2O)c(CS)c1. The van der Waals surface area contributed by atoms with Gasteiger partial charge in [0.05, 0.1) is 0 Å². The fourth-order valence-electron chi connectivity index (χ4n) is 1.87. The smallest absolute Gasteiger partial charge is 0.123 e. The first-order valence-electron chi connectivity index (χ1n) is 5.87. The molecule has 2 aromatic carbocycles. The molecule has 1 atom stereocenters. The summed E-state index contributed by atoms with van der Waals surface area (Å²) in [6, 6.07) is 12.2. The first-order valence-corrected chi connectivity index (χ1v) is 7.50. The van der Waals surface area contributed by atoms with E-state index in [2.05, 4.69) is 43.8 Å². The van der Waals surface area contributed by atoms with Gasteiger partial charge in [0.1, 0.15) is 5.75 Å². The van der Waals surface area contributed by atoms with E-state index in [9.17, 15) is 5.11 Å². The van der Waals surface area contributed by atoms with Crippen molar-refractivity contribution in [2.75, 3.05) is 0 Å². The molecule has 0 fully saturated rings. The number of thiol groups is 1. The molecule has 3 heteroatoms. The van der Waals surface area contributed by atoms with Crippen LogP contribution in [0.4, 0.5) is 0 Å². The van der Waals surface area contributed by atoms with Crippen LogP contribution in [0.3, 0.4) is 0 Å². The summed E-state index contributed by atoms with van der Waals surface area (Å²) in [4.78, 5) is 0. The highest BCUT2D eigenvalue weighted by Crippen LogP contribution is 2.22. The molecule has 0 heterocycles. The molecule has 18 heavy (non-hydrogen) atoms. The number of benzene rings is 2. The number of aryl methyl sites for hydroxylation is 2. The Morgan fingerprint density at radius 3 is 2.39 bits per heavy atom. The van der Waals surface area contributed by atoms with Crippen molar-refractivity contribution >= 4 is 31.8 Å². The molecule has 2 rings (SSSR count). The Hall–Kier alpha value is -0.980. The van der Waals surface area contributed by atoms with Crippen LogP contribution < -0.4 is 10.6 Å². The minimum absolute atomic E-state index is 0.379. The molecule has 0 radical (unpaired) electrons. The average molecular weight is 276 g/mol. The van der Waals surface area contributed by atoms with Crippen LogP contribution in [0.25, 0.3) is 0 Å². The molecule has 0 aliphatic rings. The van der Waals surface area contributed by atoms with Gasteiger partial charge in [0.15, 0.2) is 0 Å². The van der Waals surface area contributed by atoms with Crippen LogP contribution in [0, 0.1) is 13.8 Å². The fraction of sp³-hybridized carbons (Fsp3) is 0.200. The van der Waals surface area contributed by atoms with Gasteiger partial charge in [-0.25, -0.2) is 0 Å². The zero-order valence-corrected chi connectivity index (χ0v) is 12.5. The topological polar surface area (TPSA) is 20.2 Å². The molecule has 0 saturated carbocycles. The van der Waals surface area contributed by atoms with E-state index in [1.54, 1.807) is 6.07 Å². The summed E-state index contributed by atoms with van der Waals surface area (Å²) in [5, 5.41) is 12.2. The van der Waals surface area contributed by atoms with E-state index < -0.39 is 0 Å². The maximum absolute atomic E-state index is 9.90. The monoisotopic (exact) mass is 276 g/mol. The van der Waals surface area contributed by atoms with Gasteiger partial charge in [0.25, 0.3) is 0 Å². The number of phenolic OH excluding ortho intramolecular Hbond substituents is 1. The van der Waals surface area contributed by atoms with E-state index in [1.807, 2.05) is 13.0 Å². The second kappa shape index (κ2) is 5.77. The Kier molecular flexibility index (Phi) is 4.31. The normalized spacial score (nSPS) is 11.3. The third kappa shape index (κ3) is 3.07. The van der Waals surface area contributed by atoms with Gasteiger partial charge >= 0.3 is 0 Å². The number of rotatable bonds is 3. The molecule has 0 aliphatic carbocycles. The second-order valence-corrected chi connectivity index (χ2v) is 6.11. The van der Waals surface area contributed by atoms with E-state index in [0.717, 1.165) is 11.1 Å². The highest BCUT2D eigenvalue weighted by Gasteiger charge is 2.06. The maximum Gasteiger partial charge on any atom is 0.123 e. The zero-order valence-electron chi connectivity index (χ0n) is 10.6. The van der Waals surface area contributed by atoms with E-state index >= 15 is 0 Å². The molecular weight excluding hydrogens is 259 g/mol. The van der Waals surface area contributed by atoms with Crippen LogP contribution in [0.5, 0.6) is 5.75 Å². The lowest BCUT2D eigenvalue weighted by Crippen LogP contribution is -2.09.